The van der Waals surface area contributed by atoms with E-state index < -0.39 is 11.7 Å². The first-order valence-electron chi connectivity index (χ1n) is 8.94. The third-order valence-corrected chi connectivity index (χ3v) is 5.46. The first-order chi connectivity index (χ1) is 14.2. The van der Waals surface area contributed by atoms with Crippen molar-refractivity contribution >= 4 is 34.1 Å². The van der Waals surface area contributed by atoms with Gasteiger partial charge in [-0.15, -0.1) is 11.3 Å². The number of aryl methyl sites for hydroxylation is 2. The van der Waals surface area contributed by atoms with Crippen LogP contribution in [0.2, 0.25) is 0 Å². The lowest BCUT2D eigenvalue weighted by molar-refractivity contribution is -0.137. The zero-order valence-corrected chi connectivity index (χ0v) is 16.8. The number of nitrogens with one attached hydrogen (secondary N) is 1. The Labute approximate surface area is 173 Å². The maximum atomic E-state index is 12.8. The zero-order valence-electron chi connectivity index (χ0n) is 16.0. The van der Waals surface area contributed by atoms with E-state index in [1.165, 1.54) is 23.5 Å². The van der Waals surface area contributed by atoms with Crippen molar-refractivity contribution in [2.45, 2.75) is 26.6 Å². The molecule has 0 bridgehead atoms. The maximum absolute atomic E-state index is 12.8. The lowest BCUT2D eigenvalue weighted by Gasteiger charge is -2.08. The van der Waals surface area contributed by atoms with E-state index in [4.69, 9.17) is 0 Å². The molecule has 0 unspecified atom stereocenters. The summed E-state index contributed by atoms with van der Waals surface area (Å²) in [6, 6.07) is 8.50. The van der Waals surface area contributed by atoms with Gasteiger partial charge >= 0.3 is 6.18 Å². The number of rotatable bonds is 4. The highest BCUT2D eigenvalue weighted by atomic mass is 32.1. The molecule has 0 aliphatic heterocycles. The summed E-state index contributed by atoms with van der Waals surface area (Å²) in [7, 11) is 0. The van der Waals surface area contributed by atoms with Gasteiger partial charge in [0.25, 0.3) is 5.91 Å². The molecule has 1 N–H and O–H groups in total. The number of hydrogen-bond acceptors (Lipinski definition) is 5. The Morgan fingerprint density at radius 2 is 1.87 bits per heavy atom. The summed E-state index contributed by atoms with van der Waals surface area (Å²) in [5.41, 5.74) is 3.43. The minimum absolute atomic E-state index is 0.209. The van der Waals surface area contributed by atoms with Crippen LogP contribution in [-0.2, 0) is 12.7 Å². The van der Waals surface area contributed by atoms with Crippen LogP contribution >= 0.6 is 11.3 Å². The van der Waals surface area contributed by atoms with Gasteiger partial charge in [0.15, 0.2) is 11.5 Å². The maximum Gasteiger partial charge on any atom is 0.416 e. The van der Waals surface area contributed by atoms with Crippen LogP contribution in [0.4, 0.5) is 19.0 Å². The Morgan fingerprint density at radius 1 is 1.13 bits per heavy atom. The topological polar surface area (TPSA) is 72.7 Å². The van der Waals surface area contributed by atoms with Crippen LogP contribution in [-0.4, -0.2) is 25.7 Å². The van der Waals surface area contributed by atoms with Crippen molar-refractivity contribution in [3.63, 3.8) is 0 Å². The van der Waals surface area contributed by atoms with E-state index in [2.05, 4.69) is 20.4 Å². The highest BCUT2D eigenvalue weighted by molar-refractivity contribution is 7.12. The van der Waals surface area contributed by atoms with Gasteiger partial charge in [-0.2, -0.15) is 18.3 Å². The van der Waals surface area contributed by atoms with Gasteiger partial charge in [0.1, 0.15) is 4.88 Å². The number of pyridine rings is 1. The van der Waals surface area contributed by atoms with E-state index >= 15 is 0 Å². The van der Waals surface area contributed by atoms with E-state index in [1.54, 1.807) is 23.2 Å². The minimum Gasteiger partial charge on any atom is -0.304 e. The number of thiazole rings is 1. The van der Waals surface area contributed by atoms with Crippen LogP contribution in [0.3, 0.4) is 0 Å². The molecule has 4 aromatic rings. The average molecular weight is 431 g/mol. The third-order valence-electron chi connectivity index (χ3n) is 4.53. The molecular formula is C20H16F3N5OS. The van der Waals surface area contributed by atoms with Crippen LogP contribution in [0.5, 0.6) is 0 Å². The van der Waals surface area contributed by atoms with Gasteiger partial charge in [-0.05, 0) is 43.7 Å². The molecule has 3 heterocycles. The smallest absolute Gasteiger partial charge is 0.304 e. The molecule has 3 aromatic heterocycles. The Morgan fingerprint density at radius 3 is 2.50 bits per heavy atom. The normalized spacial score (nSPS) is 11.8. The summed E-state index contributed by atoms with van der Waals surface area (Å²) < 4.78 is 40.0. The quantitative estimate of drug-likeness (QED) is 0.503. The standard InChI is InChI=1S/C20H16F3N5OS/c1-11-3-8-15-17(26-19(29)16-12(2)24-10-30-16)27-28(18(15)25-11)9-13-4-6-14(7-5-13)20(21,22)23/h3-8,10H,9H2,1-2H3,(H,26,27,29). The SMILES string of the molecule is Cc1ccc2c(NC(=O)c3scnc3C)nn(Cc3ccc(C(F)(F)F)cc3)c2n1. The number of halogens is 3. The number of hydrogen-bond donors (Lipinski definition) is 1. The molecule has 6 nitrogen and oxygen atoms in total. The largest absolute Gasteiger partial charge is 0.416 e. The summed E-state index contributed by atoms with van der Waals surface area (Å²) >= 11 is 1.23. The summed E-state index contributed by atoms with van der Waals surface area (Å²) in [6.07, 6.45) is -4.39. The first-order valence-corrected chi connectivity index (χ1v) is 9.82. The van der Waals surface area contributed by atoms with Gasteiger partial charge in [-0.3, -0.25) is 4.79 Å². The minimum atomic E-state index is -4.39. The van der Waals surface area contributed by atoms with Crippen LogP contribution in [0, 0.1) is 13.8 Å². The molecule has 0 saturated carbocycles. The fourth-order valence-electron chi connectivity index (χ4n) is 3.01. The molecule has 0 aliphatic rings. The molecule has 154 valence electrons. The van der Waals surface area contributed by atoms with Gasteiger partial charge in [0.2, 0.25) is 0 Å². The summed E-state index contributed by atoms with van der Waals surface area (Å²) in [5, 5.41) is 7.90. The van der Waals surface area contributed by atoms with E-state index in [1.807, 2.05) is 13.0 Å². The van der Waals surface area contributed by atoms with E-state index in [9.17, 15) is 18.0 Å². The predicted molar refractivity (Wildman–Crippen MR) is 108 cm³/mol. The molecule has 0 radical (unpaired) electrons. The molecular weight excluding hydrogens is 415 g/mol. The lowest BCUT2D eigenvalue weighted by atomic mass is 10.1. The molecule has 1 amide bonds. The number of fused-ring (bicyclic) bond motifs is 1. The van der Waals surface area contributed by atoms with Crippen molar-refractivity contribution in [2.75, 3.05) is 5.32 Å². The van der Waals surface area contributed by atoms with Crippen molar-refractivity contribution in [3.8, 4) is 0 Å². The first kappa shape index (κ1) is 20.0. The predicted octanol–water partition coefficient (Wildman–Crippen LogP) is 4.82. The van der Waals surface area contributed by atoms with Crippen LogP contribution in [0.15, 0.2) is 41.9 Å². The molecule has 0 spiro atoms. The molecule has 10 heteroatoms. The second-order valence-corrected chi connectivity index (χ2v) is 7.60. The number of anilines is 1. The second-order valence-electron chi connectivity index (χ2n) is 6.75. The van der Waals surface area contributed by atoms with Gasteiger partial charge < -0.3 is 5.32 Å². The Balaban J connectivity index is 1.67. The van der Waals surface area contributed by atoms with E-state index in [0.29, 0.717) is 33.0 Å². The summed E-state index contributed by atoms with van der Waals surface area (Å²) in [4.78, 5) is 21.6. The van der Waals surface area contributed by atoms with Gasteiger partial charge in [0, 0.05) is 5.69 Å². The highest BCUT2D eigenvalue weighted by Gasteiger charge is 2.30. The number of carbonyl (C=O) groups is 1. The van der Waals surface area contributed by atoms with Gasteiger partial charge in [-0.1, -0.05) is 12.1 Å². The number of benzene rings is 1. The fraction of sp³-hybridized carbons (Fsp3) is 0.200. The van der Waals surface area contributed by atoms with Gasteiger partial charge in [-0.25, -0.2) is 14.6 Å². The molecule has 30 heavy (non-hydrogen) atoms. The van der Waals surface area contributed by atoms with Crippen LogP contribution in [0.1, 0.15) is 32.2 Å². The number of carbonyl (C=O) groups excluding carboxylic acids is 1. The second kappa shape index (κ2) is 7.52. The molecule has 0 aliphatic carbocycles. The van der Waals surface area contributed by atoms with Crippen molar-refractivity contribution in [1.82, 2.24) is 19.7 Å². The Kier molecular flexibility index (Phi) is 5.02. The highest BCUT2D eigenvalue weighted by Crippen LogP contribution is 2.29. The molecule has 0 fully saturated rings. The number of nitrogens with zero attached hydrogens (tertiary/aromatic N) is 4. The van der Waals surface area contributed by atoms with Crippen molar-refractivity contribution < 1.29 is 18.0 Å². The van der Waals surface area contributed by atoms with Crippen molar-refractivity contribution in [1.29, 1.82) is 0 Å². The molecule has 0 atom stereocenters. The number of aromatic nitrogens is 4. The van der Waals surface area contributed by atoms with E-state index in [0.717, 1.165) is 17.8 Å². The Bertz CT molecular complexity index is 1230. The lowest BCUT2D eigenvalue weighted by Crippen LogP contribution is -2.13. The Hall–Kier alpha value is -3.27. The number of alkyl halides is 3. The van der Waals surface area contributed by atoms with E-state index in [-0.39, 0.29) is 12.5 Å². The third kappa shape index (κ3) is 3.90. The van der Waals surface area contributed by atoms with Crippen LogP contribution in [0.25, 0.3) is 11.0 Å². The van der Waals surface area contributed by atoms with Gasteiger partial charge in [0.05, 0.1) is 28.7 Å². The van der Waals surface area contributed by atoms with Crippen molar-refractivity contribution in [2.24, 2.45) is 0 Å². The monoisotopic (exact) mass is 431 g/mol. The van der Waals surface area contributed by atoms with Crippen LogP contribution < -0.4 is 5.32 Å². The average Bonchev–Trinajstić information content (AvgIpc) is 3.25. The zero-order chi connectivity index (χ0) is 21.5. The fourth-order valence-corrected chi connectivity index (χ4v) is 3.70. The summed E-state index contributed by atoms with van der Waals surface area (Å²) in [6.45, 7) is 3.78. The molecule has 1 aromatic carbocycles. The molecule has 0 saturated heterocycles. The summed E-state index contributed by atoms with van der Waals surface area (Å²) in [5.74, 6) is 0.0128. The number of amides is 1. The molecule has 4 rings (SSSR count). The van der Waals surface area contributed by atoms with Crippen molar-refractivity contribution in [3.05, 3.63) is 69.3 Å².